The van der Waals surface area contributed by atoms with Crippen molar-refractivity contribution >= 4 is 13.8 Å². The molecule has 0 saturated carbocycles. The van der Waals surface area contributed by atoms with Crippen LogP contribution in [-0.4, -0.2) is 18.2 Å². The standard InChI is InChI=1S/C9H8N.C4H10N.4CH3.H3Si.Ti/c1-2-6-9(5-1)10-7-3-4-8-10;1-4(2,3)5;;;;;;/h1-8H;5H,1-3H3;5*1H3;/q;-1;;;;;;+1. The first-order chi connectivity index (χ1) is 9.01. The third kappa shape index (κ3) is 3.71. The topological polar surface area (TPSA) is 17.0 Å². The molecule has 0 saturated heterocycles. The van der Waals surface area contributed by atoms with Crippen molar-refractivity contribution < 1.29 is 12.3 Å². The quantitative estimate of drug-likeness (QED) is 0.815. The van der Waals surface area contributed by atoms with E-state index in [9.17, 15) is 0 Å². The molecule has 0 aromatic carbocycles. The van der Waals surface area contributed by atoms with Gasteiger partial charge in [0.15, 0.2) is 0 Å². The molecule has 0 radical (unpaired) electrons. The molecule has 119 valence electrons. The summed E-state index contributed by atoms with van der Waals surface area (Å²) in [5.74, 6) is 0. The Morgan fingerprint density at radius 1 is 1.10 bits per heavy atom. The van der Waals surface area contributed by atoms with Crippen LogP contribution < -0.4 is 3.80 Å². The van der Waals surface area contributed by atoms with Gasteiger partial charge in [-0.15, -0.1) is 0 Å². The Hall–Kier alpha value is -0.349. The van der Waals surface area contributed by atoms with Crippen molar-refractivity contribution in [1.82, 2.24) is 8.37 Å². The fourth-order valence-electron chi connectivity index (χ4n) is 4.34. The summed E-state index contributed by atoms with van der Waals surface area (Å²) in [6, 6.07) is 4.17. The van der Waals surface area contributed by atoms with E-state index in [-0.39, 0.29) is 5.54 Å². The van der Waals surface area contributed by atoms with Gasteiger partial charge in [0.05, 0.1) is 0 Å². The molecule has 1 N–H and O–H groups in total. The van der Waals surface area contributed by atoms with Crippen molar-refractivity contribution in [3.05, 3.63) is 42.8 Å². The van der Waals surface area contributed by atoms with Gasteiger partial charge in [0, 0.05) is 0 Å². The number of nitrogens with zero attached hydrogens (tertiary/aromatic N) is 1. The number of rotatable bonds is 3. The van der Waals surface area contributed by atoms with Crippen LogP contribution in [0, 0.1) is 0 Å². The zero-order valence-electron chi connectivity index (χ0n) is 15.1. The Bertz CT molecular complexity index is 630. The van der Waals surface area contributed by atoms with Crippen molar-refractivity contribution in [2.75, 3.05) is 0 Å². The normalized spacial score (nSPS) is 25.0. The van der Waals surface area contributed by atoms with Gasteiger partial charge < -0.3 is 0 Å². The SMILES string of the molecule is CC(C)(C)[NH][Ti]([CH3])([CH3])([CH3])([CH3])([SiH3])[CH]1C=CC(n2cccc2)=C1. The summed E-state index contributed by atoms with van der Waals surface area (Å²) in [6.07, 6.45) is 11.4. The van der Waals surface area contributed by atoms with E-state index in [4.69, 9.17) is 0 Å². The third-order valence-electron chi connectivity index (χ3n) is 4.63. The van der Waals surface area contributed by atoms with Crippen LogP contribution in [0.4, 0.5) is 0 Å². The molecule has 0 bridgehead atoms. The molecule has 0 aliphatic heterocycles. The molecule has 1 unspecified atom stereocenters. The number of nitrogens with one attached hydrogen (secondary N) is 1. The van der Waals surface area contributed by atoms with Gasteiger partial charge in [-0.1, -0.05) is 0 Å². The Morgan fingerprint density at radius 2 is 1.62 bits per heavy atom. The molecule has 0 amide bonds. The van der Waals surface area contributed by atoms with Crippen LogP contribution >= 0.6 is 0 Å². The molecule has 0 fully saturated rings. The van der Waals surface area contributed by atoms with Crippen LogP contribution in [0.15, 0.2) is 42.8 Å². The summed E-state index contributed by atoms with van der Waals surface area (Å²) < 4.78 is 6.88. The zero-order valence-corrected chi connectivity index (χ0v) is 18.6. The van der Waals surface area contributed by atoms with Gasteiger partial charge in [-0.2, -0.15) is 0 Å². The zero-order chi connectivity index (χ0) is 16.3. The second kappa shape index (κ2) is 3.59. The molecule has 2 nitrogen and oxygen atoms in total. The van der Waals surface area contributed by atoms with E-state index in [1.165, 1.54) is 13.8 Å². The third-order valence-corrected chi connectivity index (χ3v) is 18.0. The average molecular weight is 341 g/mol. The number of hydrogen-bond acceptors (Lipinski definition) is 1. The van der Waals surface area contributed by atoms with Crippen LogP contribution in [0.25, 0.3) is 5.70 Å². The van der Waals surface area contributed by atoms with E-state index in [2.05, 4.69) is 92.8 Å². The molecule has 1 aromatic rings. The first kappa shape index (κ1) is 17.0. The van der Waals surface area contributed by atoms with Crippen molar-refractivity contribution in [1.29, 1.82) is 0 Å². The monoisotopic (exact) mass is 341 g/mol. The number of allylic oxidation sites excluding steroid dienone is 4. The molecule has 4 heteroatoms. The van der Waals surface area contributed by atoms with E-state index in [1.54, 1.807) is 0 Å². The second-order valence-electron chi connectivity index (χ2n) is 12.8. The molecule has 1 atom stereocenters. The maximum absolute atomic E-state index is 4.17. The summed E-state index contributed by atoms with van der Waals surface area (Å²) in [7, 11) is 1.17. The molecule has 1 aromatic heterocycles. The Morgan fingerprint density at radius 3 is 2.10 bits per heavy atom. The van der Waals surface area contributed by atoms with Crippen LogP contribution in [-0.2, 0) is 12.3 Å². The van der Waals surface area contributed by atoms with Gasteiger partial charge in [0.2, 0.25) is 0 Å². The predicted molar refractivity (Wildman–Crippen MR) is 97.9 cm³/mol. The minimum atomic E-state index is -3.77. The van der Waals surface area contributed by atoms with Gasteiger partial charge in [-0.05, 0) is 0 Å². The Kier molecular flexibility index (Phi) is 2.91. The van der Waals surface area contributed by atoms with Gasteiger partial charge in [-0.25, -0.2) is 0 Å². The van der Waals surface area contributed by atoms with Crippen molar-refractivity contribution in [3.63, 3.8) is 0 Å². The summed E-state index contributed by atoms with van der Waals surface area (Å²) >= 11 is -3.77. The van der Waals surface area contributed by atoms with Crippen LogP contribution in [0.2, 0.25) is 25.1 Å². The molecule has 0 spiro atoms. The van der Waals surface area contributed by atoms with E-state index in [0.717, 1.165) is 0 Å². The fraction of sp³-hybridized carbons (Fsp3) is 0.529. The van der Waals surface area contributed by atoms with Gasteiger partial charge in [0.1, 0.15) is 0 Å². The summed E-state index contributed by atoms with van der Waals surface area (Å²) in [5.41, 5.74) is 1.43. The van der Waals surface area contributed by atoms with Crippen molar-refractivity contribution in [2.24, 2.45) is 0 Å². The maximum atomic E-state index is 4.17. The predicted octanol–water partition coefficient (Wildman–Crippen LogP) is 4.22. The number of hydrogen-bond donors (Lipinski definition) is 1. The Labute approximate surface area is 128 Å². The van der Waals surface area contributed by atoms with E-state index < -0.39 is 12.3 Å². The molecule has 1 heterocycles. The molecule has 21 heavy (non-hydrogen) atoms. The van der Waals surface area contributed by atoms with E-state index >= 15 is 0 Å². The molecular weight excluding hydrogens is 308 g/mol. The second-order valence-corrected chi connectivity index (χ2v) is 59.6. The molecular formula is C17H33N2SiTi. The molecule has 1 aliphatic carbocycles. The van der Waals surface area contributed by atoms with Crippen molar-refractivity contribution in [3.8, 4) is 0 Å². The summed E-state index contributed by atoms with van der Waals surface area (Å²) in [6.45, 7) is 6.88. The van der Waals surface area contributed by atoms with Gasteiger partial charge in [-0.3, -0.25) is 0 Å². The first-order valence-electron chi connectivity index (χ1n) is 8.11. The first-order valence-corrected chi connectivity index (χ1v) is 21.7. The Balaban J connectivity index is 2.52. The molecule has 1 aliphatic rings. The average Bonchev–Trinajstić information content (AvgIpc) is 2.82. The van der Waals surface area contributed by atoms with Crippen LogP contribution in [0.3, 0.4) is 0 Å². The van der Waals surface area contributed by atoms with Gasteiger partial charge >= 0.3 is 129 Å². The number of aromatic nitrogens is 1. The van der Waals surface area contributed by atoms with E-state index in [1.807, 2.05) is 0 Å². The van der Waals surface area contributed by atoms with E-state index in [0.29, 0.717) is 4.22 Å². The van der Waals surface area contributed by atoms with Gasteiger partial charge in [0.25, 0.3) is 0 Å². The van der Waals surface area contributed by atoms with Crippen LogP contribution in [0.1, 0.15) is 20.8 Å². The molecule has 2 rings (SSSR count). The fourth-order valence-corrected chi connectivity index (χ4v) is 19.2. The summed E-state index contributed by atoms with van der Waals surface area (Å²) in [4.78, 5) is 0. The van der Waals surface area contributed by atoms with Crippen LogP contribution in [0.5, 0.6) is 0 Å². The van der Waals surface area contributed by atoms with Crippen molar-refractivity contribution in [2.45, 2.75) is 51.4 Å². The summed E-state index contributed by atoms with van der Waals surface area (Å²) in [5, 5.41) is 10.3. The minimum absolute atomic E-state index is 0.128.